The van der Waals surface area contributed by atoms with Gasteiger partial charge in [0.1, 0.15) is 0 Å². The summed E-state index contributed by atoms with van der Waals surface area (Å²) in [5, 5.41) is 7.07. The van der Waals surface area contributed by atoms with Crippen LogP contribution >= 0.6 is 24.0 Å². The van der Waals surface area contributed by atoms with Gasteiger partial charge in [0.05, 0.1) is 0 Å². The lowest BCUT2D eigenvalue weighted by atomic mass is 9.96. The molecular formula is C16H35IN4. The van der Waals surface area contributed by atoms with Crippen molar-refractivity contribution in [2.45, 2.75) is 64.5 Å². The van der Waals surface area contributed by atoms with E-state index in [0.717, 1.165) is 18.4 Å². The van der Waals surface area contributed by atoms with Crippen molar-refractivity contribution in [3.63, 3.8) is 0 Å². The third-order valence-electron chi connectivity index (χ3n) is 4.15. The van der Waals surface area contributed by atoms with Crippen LogP contribution in [0.3, 0.4) is 0 Å². The van der Waals surface area contributed by atoms with Crippen molar-refractivity contribution in [1.29, 1.82) is 0 Å². The Morgan fingerprint density at radius 1 is 1.19 bits per heavy atom. The lowest BCUT2D eigenvalue weighted by Gasteiger charge is -2.29. The molecule has 5 heteroatoms. The van der Waals surface area contributed by atoms with Gasteiger partial charge in [0, 0.05) is 25.7 Å². The molecule has 2 N–H and O–H groups in total. The van der Waals surface area contributed by atoms with Gasteiger partial charge in [0.2, 0.25) is 0 Å². The van der Waals surface area contributed by atoms with E-state index in [1.165, 1.54) is 38.5 Å². The average molecular weight is 410 g/mol. The average Bonchev–Trinajstić information content (AvgIpc) is 2.42. The van der Waals surface area contributed by atoms with E-state index >= 15 is 0 Å². The summed E-state index contributed by atoms with van der Waals surface area (Å²) in [5.74, 6) is 1.69. The molecule has 0 aromatic heterocycles. The second-order valence-corrected chi connectivity index (χ2v) is 6.68. The fourth-order valence-corrected chi connectivity index (χ4v) is 2.87. The van der Waals surface area contributed by atoms with Crippen molar-refractivity contribution >= 4 is 29.9 Å². The molecule has 0 radical (unpaired) electrons. The Morgan fingerprint density at radius 3 is 2.29 bits per heavy atom. The van der Waals surface area contributed by atoms with Crippen molar-refractivity contribution in [2.75, 3.05) is 27.7 Å². The minimum Gasteiger partial charge on any atom is -0.355 e. The molecule has 1 unspecified atom stereocenters. The van der Waals surface area contributed by atoms with E-state index in [4.69, 9.17) is 0 Å². The van der Waals surface area contributed by atoms with Gasteiger partial charge < -0.3 is 15.5 Å². The lowest BCUT2D eigenvalue weighted by Crippen LogP contribution is -2.48. The second kappa shape index (κ2) is 11.5. The summed E-state index contributed by atoms with van der Waals surface area (Å²) in [5.41, 5.74) is 0. The SMILES string of the molecule is CN=C(NCC(CC(C)C)N(C)C)NC1CCCCC1.I. The smallest absolute Gasteiger partial charge is 0.191 e. The molecule has 1 aliphatic rings. The van der Waals surface area contributed by atoms with Gasteiger partial charge in [-0.1, -0.05) is 33.1 Å². The van der Waals surface area contributed by atoms with Crippen LogP contribution in [-0.2, 0) is 0 Å². The predicted molar refractivity (Wildman–Crippen MR) is 104 cm³/mol. The number of rotatable bonds is 6. The standard InChI is InChI=1S/C16H34N4.HI/c1-13(2)11-15(20(4)5)12-18-16(17-3)19-14-9-7-6-8-10-14;/h13-15H,6-12H2,1-5H3,(H2,17,18,19);1H. The van der Waals surface area contributed by atoms with Gasteiger partial charge in [-0.25, -0.2) is 0 Å². The summed E-state index contributed by atoms with van der Waals surface area (Å²) in [6, 6.07) is 1.16. The van der Waals surface area contributed by atoms with Gasteiger partial charge in [0.15, 0.2) is 5.96 Å². The third kappa shape index (κ3) is 8.86. The van der Waals surface area contributed by atoms with Crippen molar-refractivity contribution in [3.05, 3.63) is 0 Å². The number of halogens is 1. The van der Waals surface area contributed by atoms with Crippen LogP contribution in [0.5, 0.6) is 0 Å². The zero-order chi connectivity index (χ0) is 15.0. The first kappa shape index (κ1) is 21.0. The first-order valence-electron chi connectivity index (χ1n) is 8.16. The fourth-order valence-electron chi connectivity index (χ4n) is 2.87. The van der Waals surface area contributed by atoms with Gasteiger partial charge in [-0.15, -0.1) is 24.0 Å². The molecule has 1 fully saturated rings. The largest absolute Gasteiger partial charge is 0.355 e. The van der Waals surface area contributed by atoms with Crippen LogP contribution in [0.15, 0.2) is 4.99 Å². The molecule has 0 spiro atoms. The summed E-state index contributed by atoms with van der Waals surface area (Å²) in [6.45, 7) is 5.52. The normalized spacial score (nSPS) is 18.5. The Bertz CT molecular complexity index is 286. The highest BCUT2D eigenvalue weighted by atomic mass is 127. The first-order chi connectivity index (χ1) is 9.52. The molecule has 4 nitrogen and oxygen atoms in total. The Labute approximate surface area is 148 Å². The minimum absolute atomic E-state index is 0. The highest BCUT2D eigenvalue weighted by Gasteiger charge is 2.17. The van der Waals surface area contributed by atoms with E-state index in [9.17, 15) is 0 Å². The van der Waals surface area contributed by atoms with E-state index < -0.39 is 0 Å². The number of guanidine groups is 1. The molecule has 126 valence electrons. The number of hydrogen-bond acceptors (Lipinski definition) is 2. The number of aliphatic imine (C=N–C) groups is 1. The van der Waals surface area contributed by atoms with E-state index in [1.807, 2.05) is 7.05 Å². The molecule has 0 amide bonds. The molecule has 1 saturated carbocycles. The van der Waals surface area contributed by atoms with E-state index in [2.05, 4.69) is 48.5 Å². The van der Waals surface area contributed by atoms with Crippen molar-refractivity contribution in [1.82, 2.24) is 15.5 Å². The molecule has 21 heavy (non-hydrogen) atoms. The third-order valence-corrected chi connectivity index (χ3v) is 4.15. The van der Waals surface area contributed by atoms with E-state index in [0.29, 0.717) is 12.1 Å². The van der Waals surface area contributed by atoms with Crippen molar-refractivity contribution < 1.29 is 0 Å². The number of nitrogens with one attached hydrogen (secondary N) is 2. The Balaban J connectivity index is 0.00000400. The molecular weight excluding hydrogens is 375 g/mol. The molecule has 1 atom stereocenters. The first-order valence-corrected chi connectivity index (χ1v) is 8.16. The van der Waals surface area contributed by atoms with Crippen LogP contribution in [0, 0.1) is 5.92 Å². The van der Waals surface area contributed by atoms with Gasteiger partial charge in [0.25, 0.3) is 0 Å². The fraction of sp³-hybridized carbons (Fsp3) is 0.938. The van der Waals surface area contributed by atoms with Gasteiger partial charge in [-0.05, 0) is 39.3 Å². The van der Waals surface area contributed by atoms with Crippen LogP contribution in [0.1, 0.15) is 52.4 Å². The van der Waals surface area contributed by atoms with Crippen LogP contribution in [-0.4, -0.2) is 50.6 Å². The molecule has 0 aromatic rings. The number of likely N-dealkylation sites (N-methyl/N-ethyl adjacent to an activating group) is 1. The zero-order valence-corrected chi connectivity index (χ0v) is 16.8. The van der Waals surface area contributed by atoms with Crippen molar-refractivity contribution in [2.24, 2.45) is 10.9 Å². The Hall–Kier alpha value is -0.0400. The van der Waals surface area contributed by atoms with Gasteiger partial charge in [-0.2, -0.15) is 0 Å². The van der Waals surface area contributed by atoms with Crippen LogP contribution in [0.2, 0.25) is 0 Å². The molecule has 0 heterocycles. The maximum atomic E-state index is 4.37. The van der Waals surface area contributed by atoms with Crippen LogP contribution < -0.4 is 10.6 Å². The molecule has 1 rings (SSSR count). The maximum Gasteiger partial charge on any atom is 0.191 e. The highest BCUT2D eigenvalue weighted by molar-refractivity contribution is 14.0. The summed E-state index contributed by atoms with van der Waals surface area (Å²) >= 11 is 0. The molecule has 0 aromatic carbocycles. The lowest BCUT2D eigenvalue weighted by molar-refractivity contribution is 0.254. The van der Waals surface area contributed by atoms with E-state index in [1.54, 1.807) is 0 Å². The summed E-state index contributed by atoms with van der Waals surface area (Å²) in [4.78, 5) is 6.67. The second-order valence-electron chi connectivity index (χ2n) is 6.68. The predicted octanol–water partition coefficient (Wildman–Crippen LogP) is 3.08. The molecule has 0 bridgehead atoms. The van der Waals surface area contributed by atoms with Gasteiger partial charge in [-0.3, -0.25) is 4.99 Å². The minimum atomic E-state index is 0. The summed E-state index contributed by atoms with van der Waals surface area (Å²) in [7, 11) is 6.18. The highest BCUT2D eigenvalue weighted by Crippen LogP contribution is 2.17. The van der Waals surface area contributed by atoms with Crippen LogP contribution in [0.4, 0.5) is 0 Å². The van der Waals surface area contributed by atoms with E-state index in [-0.39, 0.29) is 24.0 Å². The number of hydrogen-bond donors (Lipinski definition) is 2. The quantitative estimate of drug-likeness (QED) is 0.402. The summed E-state index contributed by atoms with van der Waals surface area (Å²) < 4.78 is 0. The monoisotopic (exact) mass is 410 g/mol. The molecule has 1 aliphatic carbocycles. The van der Waals surface area contributed by atoms with Crippen LogP contribution in [0.25, 0.3) is 0 Å². The maximum absolute atomic E-state index is 4.37. The zero-order valence-electron chi connectivity index (χ0n) is 14.5. The molecule has 0 saturated heterocycles. The number of nitrogens with zero attached hydrogens (tertiary/aromatic N) is 2. The topological polar surface area (TPSA) is 39.7 Å². The Kier molecular flexibility index (Phi) is 11.5. The Morgan fingerprint density at radius 2 is 1.81 bits per heavy atom. The van der Waals surface area contributed by atoms with Crippen molar-refractivity contribution in [3.8, 4) is 0 Å². The summed E-state index contributed by atoms with van der Waals surface area (Å²) in [6.07, 6.45) is 7.86. The van der Waals surface area contributed by atoms with Gasteiger partial charge >= 0.3 is 0 Å². The molecule has 0 aliphatic heterocycles.